The molecule has 5 nitrogen and oxygen atoms in total. The van der Waals surface area contributed by atoms with Gasteiger partial charge in [-0.15, -0.1) is 0 Å². The second-order valence-electron chi connectivity index (χ2n) is 4.98. The largest absolute Gasteiger partial charge is 0.365 e. The summed E-state index contributed by atoms with van der Waals surface area (Å²) in [5, 5.41) is 6.67. The van der Waals surface area contributed by atoms with Gasteiger partial charge in [0, 0.05) is 19.3 Å². The summed E-state index contributed by atoms with van der Waals surface area (Å²) in [4.78, 5) is 9.09. The number of nitrogens with zero attached hydrogens (tertiary/aromatic N) is 3. The molecule has 4 heterocycles. The lowest BCUT2D eigenvalue weighted by Gasteiger charge is -2.28. The van der Waals surface area contributed by atoms with Crippen LogP contribution in [0.15, 0.2) is 48.8 Å². The van der Waals surface area contributed by atoms with Gasteiger partial charge in [0.1, 0.15) is 11.5 Å². The Kier molecular flexibility index (Phi) is 4.34. The van der Waals surface area contributed by atoms with Crippen LogP contribution in [0.4, 0.5) is 5.82 Å². The van der Waals surface area contributed by atoms with E-state index in [1.165, 1.54) is 0 Å². The standard InChI is InChI=1S/C15H15N5.C2H6/c1-2-7-20-13(10-17-15(20)6-1)12-4-3-5-14(19-12)18-11-8-16-9-11;1-2/h1-7,10-11,16H,8-9H2,(H,18,19);1-2H3. The molecule has 114 valence electrons. The highest BCUT2D eigenvalue weighted by Gasteiger charge is 2.16. The highest BCUT2D eigenvalue weighted by atomic mass is 15.1. The Morgan fingerprint density at radius 3 is 2.77 bits per heavy atom. The number of hydrogen-bond acceptors (Lipinski definition) is 4. The summed E-state index contributed by atoms with van der Waals surface area (Å²) in [6.45, 7) is 6.00. The van der Waals surface area contributed by atoms with Gasteiger partial charge >= 0.3 is 0 Å². The van der Waals surface area contributed by atoms with Crippen molar-refractivity contribution in [2.24, 2.45) is 0 Å². The molecule has 1 fully saturated rings. The number of rotatable bonds is 3. The van der Waals surface area contributed by atoms with Gasteiger partial charge in [0.25, 0.3) is 0 Å². The van der Waals surface area contributed by atoms with E-state index in [1.54, 1.807) is 0 Å². The zero-order valence-corrected chi connectivity index (χ0v) is 13.0. The van der Waals surface area contributed by atoms with E-state index in [0.29, 0.717) is 6.04 Å². The maximum Gasteiger partial charge on any atom is 0.137 e. The van der Waals surface area contributed by atoms with E-state index in [9.17, 15) is 0 Å². The zero-order valence-electron chi connectivity index (χ0n) is 13.0. The van der Waals surface area contributed by atoms with Crippen LogP contribution < -0.4 is 10.6 Å². The number of pyridine rings is 2. The van der Waals surface area contributed by atoms with Crippen LogP contribution in [-0.2, 0) is 0 Å². The Labute approximate surface area is 130 Å². The van der Waals surface area contributed by atoms with E-state index in [2.05, 4.69) is 25.0 Å². The van der Waals surface area contributed by atoms with E-state index >= 15 is 0 Å². The average molecular weight is 295 g/mol. The smallest absolute Gasteiger partial charge is 0.137 e. The average Bonchev–Trinajstić information content (AvgIpc) is 2.97. The van der Waals surface area contributed by atoms with Crippen molar-refractivity contribution in [1.29, 1.82) is 0 Å². The molecule has 0 unspecified atom stereocenters. The third-order valence-corrected chi connectivity index (χ3v) is 3.56. The Balaban J connectivity index is 0.000000693. The molecule has 1 saturated heterocycles. The predicted octanol–water partition coefficient (Wildman–Crippen LogP) is 2.81. The number of imidazole rings is 1. The van der Waals surface area contributed by atoms with Crippen LogP contribution in [0.1, 0.15) is 13.8 Å². The lowest BCUT2D eigenvalue weighted by atomic mass is 10.2. The molecule has 1 aliphatic rings. The van der Waals surface area contributed by atoms with Gasteiger partial charge in [-0.05, 0) is 24.3 Å². The number of nitrogens with one attached hydrogen (secondary N) is 2. The first-order valence-electron chi connectivity index (χ1n) is 7.77. The van der Waals surface area contributed by atoms with Crippen LogP contribution in [0.5, 0.6) is 0 Å². The summed E-state index contributed by atoms with van der Waals surface area (Å²) in [6, 6.07) is 12.5. The SMILES string of the molecule is CC.c1cc(NC2CNC2)nc(-c2cnc3ccccn23)c1. The molecule has 1 aliphatic heterocycles. The molecule has 0 bridgehead atoms. The van der Waals surface area contributed by atoms with Crippen LogP contribution in [0.3, 0.4) is 0 Å². The van der Waals surface area contributed by atoms with Crippen molar-refractivity contribution in [2.75, 3.05) is 18.4 Å². The predicted molar refractivity (Wildman–Crippen MR) is 90.1 cm³/mol. The molecule has 22 heavy (non-hydrogen) atoms. The summed E-state index contributed by atoms with van der Waals surface area (Å²) >= 11 is 0. The molecule has 0 saturated carbocycles. The Hall–Kier alpha value is -2.40. The molecule has 4 rings (SSSR count). The summed E-state index contributed by atoms with van der Waals surface area (Å²) < 4.78 is 2.05. The van der Waals surface area contributed by atoms with Crippen LogP contribution >= 0.6 is 0 Å². The second-order valence-corrected chi connectivity index (χ2v) is 4.98. The fourth-order valence-electron chi connectivity index (χ4n) is 2.38. The third-order valence-electron chi connectivity index (χ3n) is 3.56. The molecule has 2 N–H and O–H groups in total. The molecular formula is C17H21N5. The normalized spacial score (nSPS) is 14.1. The molecule has 3 aromatic heterocycles. The van der Waals surface area contributed by atoms with Gasteiger partial charge in [-0.3, -0.25) is 4.40 Å². The summed E-state index contributed by atoms with van der Waals surface area (Å²) in [5.41, 5.74) is 2.88. The van der Waals surface area contributed by atoms with Gasteiger partial charge < -0.3 is 10.6 Å². The van der Waals surface area contributed by atoms with Crippen LogP contribution in [0.2, 0.25) is 0 Å². The Morgan fingerprint density at radius 1 is 1.14 bits per heavy atom. The number of anilines is 1. The minimum absolute atomic E-state index is 0.486. The summed E-state index contributed by atoms with van der Waals surface area (Å²) in [5.74, 6) is 0.917. The fourth-order valence-corrected chi connectivity index (χ4v) is 2.38. The fraction of sp³-hybridized carbons (Fsp3) is 0.294. The molecular weight excluding hydrogens is 274 g/mol. The van der Waals surface area contributed by atoms with E-state index in [-0.39, 0.29) is 0 Å². The van der Waals surface area contributed by atoms with Crippen molar-refractivity contribution in [1.82, 2.24) is 19.7 Å². The van der Waals surface area contributed by atoms with E-state index < -0.39 is 0 Å². The maximum absolute atomic E-state index is 4.69. The van der Waals surface area contributed by atoms with E-state index in [4.69, 9.17) is 0 Å². The summed E-state index contributed by atoms with van der Waals surface area (Å²) in [7, 11) is 0. The molecule has 0 spiro atoms. The molecule has 0 aromatic carbocycles. The number of aromatic nitrogens is 3. The van der Waals surface area contributed by atoms with Gasteiger partial charge in [0.05, 0.1) is 23.6 Å². The Morgan fingerprint density at radius 2 is 2.00 bits per heavy atom. The highest BCUT2D eigenvalue weighted by molar-refractivity contribution is 5.61. The van der Waals surface area contributed by atoms with Gasteiger partial charge in [-0.2, -0.15) is 0 Å². The van der Waals surface area contributed by atoms with Crippen LogP contribution in [0.25, 0.3) is 17.0 Å². The first kappa shape index (κ1) is 14.5. The third kappa shape index (κ3) is 2.80. The minimum Gasteiger partial charge on any atom is -0.365 e. The number of hydrogen-bond donors (Lipinski definition) is 2. The van der Waals surface area contributed by atoms with Gasteiger partial charge in [0.2, 0.25) is 0 Å². The monoisotopic (exact) mass is 295 g/mol. The van der Waals surface area contributed by atoms with Crippen molar-refractivity contribution >= 4 is 11.5 Å². The molecule has 0 radical (unpaired) electrons. The minimum atomic E-state index is 0.486. The molecule has 0 aliphatic carbocycles. The lowest BCUT2D eigenvalue weighted by molar-refractivity contribution is 0.471. The highest BCUT2D eigenvalue weighted by Crippen LogP contribution is 2.20. The van der Waals surface area contributed by atoms with Crippen molar-refractivity contribution in [2.45, 2.75) is 19.9 Å². The van der Waals surface area contributed by atoms with E-state index in [0.717, 1.165) is 35.9 Å². The lowest BCUT2D eigenvalue weighted by Crippen LogP contribution is -2.51. The van der Waals surface area contributed by atoms with Gasteiger partial charge in [0.15, 0.2) is 0 Å². The molecule has 0 amide bonds. The van der Waals surface area contributed by atoms with Gasteiger partial charge in [-0.1, -0.05) is 26.0 Å². The van der Waals surface area contributed by atoms with Crippen molar-refractivity contribution in [3.05, 3.63) is 48.8 Å². The second kappa shape index (κ2) is 6.58. The summed E-state index contributed by atoms with van der Waals surface area (Å²) in [6.07, 6.45) is 3.88. The molecule has 5 heteroatoms. The van der Waals surface area contributed by atoms with Crippen molar-refractivity contribution in [3.63, 3.8) is 0 Å². The van der Waals surface area contributed by atoms with Crippen molar-refractivity contribution < 1.29 is 0 Å². The molecule has 0 atom stereocenters. The van der Waals surface area contributed by atoms with Gasteiger partial charge in [-0.25, -0.2) is 9.97 Å². The van der Waals surface area contributed by atoms with Crippen LogP contribution in [0, 0.1) is 0 Å². The quantitative estimate of drug-likeness (QED) is 0.780. The molecule has 3 aromatic rings. The number of fused-ring (bicyclic) bond motifs is 1. The first-order chi connectivity index (χ1) is 10.9. The maximum atomic E-state index is 4.69. The zero-order chi connectivity index (χ0) is 15.4. The van der Waals surface area contributed by atoms with Crippen molar-refractivity contribution in [3.8, 4) is 11.4 Å². The van der Waals surface area contributed by atoms with Crippen LogP contribution in [-0.4, -0.2) is 33.5 Å². The topological polar surface area (TPSA) is 54.2 Å². The van der Waals surface area contributed by atoms with E-state index in [1.807, 2.05) is 62.6 Å². The Bertz CT molecular complexity index is 745. The first-order valence-corrected chi connectivity index (χ1v) is 7.77.